The van der Waals surface area contributed by atoms with Crippen molar-refractivity contribution in [2.24, 2.45) is 0 Å². The predicted molar refractivity (Wildman–Crippen MR) is 82.4 cm³/mol. The van der Waals surface area contributed by atoms with Crippen molar-refractivity contribution in [3.8, 4) is 11.4 Å². The molecule has 1 aromatic heterocycles. The Bertz CT molecular complexity index is 581. The van der Waals surface area contributed by atoms with Gasteiger partial charge >= 0.3 is 0 Å². The standard InChI is InChI=1S/C14H15Cl2N3O/c1-3-17-13-7-10(8-20-2)18-14(19-13)9-4-5-11(15)12(16)6-9/h4-7H,3,8H2,1-2H3,(H,17,18,19). The number of halogens is 2. The molecule has 0 amide bonds. The van der Waals surface area contributed by atoms with Crippen LogP contribution < -0.4 is 5.32 Å². The maximum absolute atomic E-state index is 6.04. The summed E-state index contributed by atoms with van der Waals surface area (Å²) in [5.41, 5.74) is 1.62. The number of nitrogens with zero attached hydrogens (tertiary/aromatic N) is 2. The van der Waals surface area contributed by atoms with Gasteiger partial charge in [-0.1, -0.05) is 23.2 Å². The van der Waals surface area contributed by atoms with Crippen LogP contribution in [0.4, 0.5) is 5.82 Å². The van der Waals surface area contributed by atoms with Crippen molar-refractivity contribution in [2.45, 2.75) is 13.5 Å². The third-order valence-corrected chi connectivity index (χ3v) is 3.35. The number of hydrogen-bond acceptors (Lipinski definition) is 4. The van der Waals surface area contributed by atoms with Crippen LogP contribution >= 0.6 is 23.2 Å². The molecule has 0 aliphatic carbocycles. The first-order chi connectivity index (χ1) is 9.63. The minimum Gasteiger partial charge on any atom is -0.378 e. The zero-order valence-corrected chi connectivity index (χ0v) is 12.8. The number of hydrogen-bond donors (Lipinski definition) is 1. The molecule has 0 aliphatic heterocycles. The van der Waals surface area contributed by atoms with Gasteiger partial charge in [-0.15, -0.1) is 0 Å². The molecule has 0 bridgehead atoms. The zero-order valence-electron chi connectivity index (χ0n) is 11.3. The Morgan fingerprint density at radius 2 is 1.95 bits per heavy atom. The summed E-state index contributed by atoms with van der Waals surface area (Å²) in [5, 5.41) is 4.17. The molecule has 106 valence electrons. The fraction of sp³-hybridized carbons (Fsp3) is 0.286. The van der Waals surface area contributed by atoms with Crippen LogP contribution in [0.25, 0.3) is 11.4 Å². The lowest BCUT2D eigenvalue weighted by atomic mass is 10.2. The SMILES string of the molecule is CCNc1cc(COC)nc(-c2ccc(Cl)c(Cl)c2)n1. The summed E-state index contributed by atoms with van der Waals surface area (Å²) in [4.78, 5) is 8.94. The molecule has 0 radical (unpaired) electrons. The van der Waals surface area contributed by atoms with Gasteiger partial charge in [-0.3, -0.25) is 0 Å². The third kappa shape index (κ3) is 3.60. The van der Waals surface area contributed by atoms with E-state index in [1.807, 2.05) is 19.1 Å². The van der Waals surface area contributed by atoms with E-state index in [1.165, 1.54) is 0 Å². The summed E-state index contributed by atoms with van der Waals surface area (Å²) >= 11 is 12.0. The van der Waals surface area contributed by atoms with Crippen molar-refractivity contribution < 1.29 is 4.74 Å². The fourth-order valence-electron chi connectivity index (χ4n) is 1.76. The Morgan fingerprint density at radius 1 is 1.15 bits per heavy atom. The van der Waals surface area contributed by atoms with E-state index in [-0.39, 0.29) is 0 Å². The van der Waals surface area contributed by atoms with Crippen molar-refractivity contribution in [3.05, 3.63) is 40.0 Å². The van der Waals surface area contributed by atoms with Crippen LogP contribution in [0.3, 0.4) is 0 Å². The number of rotatable bonds is 5. The second kappa shape index (κ2) is 6.88. The Kier molecular flexibility index (Phi) is 5.17. The quantitative estimate of drug-likeness (QED) is 0.905. The third-order valence-electron chi connectivity index (χ3n) is 2.61. The average Bonchev–Trinajstić information content (AvgIpc) is 2.42. The van der Waals surface area contributed by atoms with Crippen LogP contribution in [0.5, 0.6) is 0 Å². The normalized spacial score (nSPS) is 10.6. The Labute approximate surface area is 128 Å². The van der Waals surface area contributed by atoms with E-state index < -0.39 is 0 Å². The number of ether oxygens (including phenoxy) is 1. The highest BCUT2D eigenvalue weighted by Crippen LogP contribution is 2.27. The van der Waals surface area contributed by atoms with Gasteiger partial charge in [-0.2, -0.15) is 0 Å². The van der Waals surface area contributed by atoms with Crippen LogP contribution in [0.1, 0.15) is 12.6 Å². The molecule has 2 rings (SSSR count). The van der Waals surface area contributed by atoms with Crippen molar-refractivity contribution in [1.29, 1.82) is 0 Å². The monoisotopic (exact) mass is 311 g/mol. The number of nitrogens with one attached hydrogen (secondary N) is 1. The number of benzene rings is 1. The minimum absolute atomic E-state index is 0.426. The molecular formula is C14H15Cl2N3O. The van der Waals surface area contributed by atoms with Gasteiger partial charge in [0, 0.05) is 25.3 Å². The molecule has 1 aromatic carbocycles. The van der Waals surface area contributed by atoms with E-state index in [1.54, 1.807) is 19.2 Å². The first kappa shape index (κ1) is 15.0. The molecular weight excluding hydrogens is 297 g/mol. The van der Waals surface area contributed by atoms with Gasteiger partial charge in [0.1, 0.15) is 5.82 Å². The van der Waals surface area contributed by atoms with Gasteiger partial charge in [-0.25, -0.2) is 9.97 Å². The molecule has 0 aliphatic rings. The molecule has 0 unspecified atom stereocenters. The van der Waals surface area contributed by atoms with Crippen molar-refractivity contribution in [2.75, 3.05) is 19.0 Å². The molecule has 0 saturated carbocycles. The molecule has 0 atom stereocenters. The Balaban J connectivity index is 2.45. The maximum Gasteiger partial charge on any atom is 0.161 e. The smallest absolute Gasteiger partial charge is 0.161 e. The van der Waals surface area contributed by atoms with E-state index in [4.69, 9.17) is 27.9 Å². The van der Waals surface area contributed by atoms with Crippen molar-refractivity contribution in [3.63, 3.8) is 0 Å². The Hall–Kier alpha value is -1.36. The first-order valence-corrected chi connectivity index (χ1v) is 6.95. The molecule has 6 heteroatoms. The van der Waals surface area contributed by atoms with Crippen LogP contribution in [0.2, 0.25) is 10.0 Å². The minimum atomic E-state index is 0.426. The number of anilines is 1. The summed E-state index contributed by atoms with van der Waals surface area (Å²) in [7, 11) is 1.63. The molecule has 0 saturated heterocycles. The summed E-state index contributed by atoms with van der Waals surface area (Å²) in [6.07, 6.45) is 0. The highest BCUT2D eigenvalue weighted by Gasteiger charge is 2.08. The van der Waals surface area contributed by atoms with Gasteiger partial charge in [0.15, 0.2) is 5.82 Å². The maximum atomic E-state index is 6.04. The van der Waals surface area contributed by atoms with Crippen molar-refractivity contribution in [1.82, 2.24) is 9.97 Å². The molecule has 20 heavy (non-hydrogen) atoms. The van der Waals surface area contributed by atoms with Crippen LogP contribution in [-0.2, 0) is 11.3 Å². The van der Waals surface area contributed by atoms with Gasteiger partial charge < -0.3 is 10.1 Å². The second-order valence-corrected chi connectivity index (χ2v) is 4.97. The fourth-order valence-corrected chi connectivity index (χ4v) is 2.05. The molecule has 0 fully saturated rings. The lowest BCUT2D eigenvalue weighted by Gasteiger charge is -2.09. The van der Waals surface area contributed by atoms with Gasteiger partial charge in [0.05, 0.1) is 22.3 Å². The average molecular weight is 312 g/mol. The summed E-state index contributed by atoms with van der Waals surface area (Å²) in [6.45, 7) is 3.22. The Morgan fingerprint density at radius 3 is 2.60 bits per heavy atom. The van der Waals surface area contributed by atoms with E-state index in [2.05, 4.69) is 15.3 Å². The van der Waals surface area contributed by atoms with E-state index in [9.17, 15) is 0 Å². The molecule has 4 nitrogen and oxygen atoms in total. The predicted octanol–water partition coefficient (Wildman–Crippen LogP) is 4.03. The molecule has 1 heterocycles. The molecule has 2 aromatic rings. The second-order valence-electron chi connectivity index (χ2n) is 4.16. The number of methoxy groups -OCH3 is 1. The van der Waals surface area contributed by atoms with Crippen molar-refractivity contribution >= 4 is 29.0 Å². The molecule has 1 N–H and O–H groups in total. The lowest BCUT2D eigenvalue weighted by Crippen LogP contribution is -2.04. The highest BCUT2D eigenvalue weighted by atomic mass is 35.5. The van der Waals surface area contributed by atoms with Crippen LogP contribution in [-0.4, -0.2) is 23.6 Å². The summed E-state index contributed by atoms with van der Waals surface area (Å²) in [6, 6.07) is 7.20. The van der Waals surface area contributed by atoms with Gasteiger partial charge in [0.2, 0.25) is 0 Å². The highest BCUT2D eigenvalue weighted by molar-refractivity contribution is 6.42. The topological polar surface area (TPSA) is 47.0 Å². The largest absolute Gasteiger partial charge is 0.378 e. The van der Waals surface area contributed by atoms with E-state index in [0.29, 0.717) is 22.5 Å². The lowest BCUT2D eigenvalue weighted by molar-refractivity contribution is 0.181. The molecule has 0 spiro atoms. The summed E-state index contributed by atoms with van der Waals surface area (Å²) < 4.78 is 5.13. The van der Waals surface area contributed by atoms with E-state index >= 15 is 0 Å². The van der Waals surface area contributed by atoms with E-state index in [0.717, 1.165) is 23.6 Å². The number of aromatic nitrogens is 2. The van der Waals surface area contributed by atoms with Gasteiger partial charge in [-0.05, 0) is 25.1 Å². The zero-order chi connectivity index (χ0) is 14.5. The summed E-state index contributed by atoms with van der Waals surface area (Å²) in [5.74, 6) is 1.35. The van der Waals surface area contributed by atoms with Crippen LogP contribution in [0.15, 0.2) is 24.3 Å². The van der Waals surface area contributed by atoms with Crippen LogP contribution in [0, 0.1) is 0 Å². The first-order valence-electron chi connectivity index (χ1n) is 6.20. The van der Waals surface area contributed by atoms with Gasteiger partial charge in [0.25, 0.3) is 0 Å².